The molecule has 2 N–H and O–H groups in total. The number of carbonyl (C=O) groups is 3. The number of fused-ring (bicyclic) bond motifs is 1. The number of nitrogens with zero attached hydrogens (tertiary/aromatic N) is 2. The number of hydrogen-bond acceptors (Lipinski definition) is 8. The first-order chi connectivity index (χ1) is 14.0. The van der Waals surface area contributed by atoms with Gasteiger partial charge in [-0.15, -0.1) is 0 Å². The van der Waals surface area contributed by atoms with Crippen molar-refractivity contribution in [1.29, 1.82) is 0 Å². The minimum Gasteiger partial charge on any atom is -0.495 e. The van der Waals surface area contributed by atoms with E-state index < -0.39 is 18.3 Å². The molecule has 29 heavy (non-hydrogen) atoms. The lowest BCUT2D eigenvalue weighted by Crippen LogP contribution is -2.34. The van der Waals surface area contributed by atoms with Crippen molar-refractivity contribution in [3.8, 4) is 5.75 Å². The summed E-state index contributed by atoms with van der Waals surface area (Å²) in [5.74, 6) is 0.595. The van der Waals surface area contributed by atoms with Crippen molar-refractivity contribution in [2.45, 2.75) is 18.2 Å². The van der Waals surface area contributed by atoms with Crippen molar-refractivity contribution < 1.29 is 33.3 Å². The second kappa shape index (κ2) is 7.57. The summed E-state index contributed by atoms with van der Waals surface area (Å²) in [5.41, 5.74) is 1.47. The molecule has 11 nitrogen and oxygen atoms in total. The Morgan fingerprint density at radius 3 is 2.79 bits per heavy atom. The van der Waals surface area contributed by atoms with Gasteiger partial charge in [0.25, 0.3) is 0 Å². The molecule has 3 amide bonds. The SMILES string of the molecule is COC(=O)NC[C@H]1CN(c2ccc(N3C[C@@H]4OC(=O)N[C@@H]4C3)c(OC)c2)C(=O)O1. The van der Waals surface area contributed by atoms with Crippen molar-refractivity contribution in [3.63, 3.8) is 0 Å². The van der Waals surface area contributed by atoms with Crippen LogP contribution in [-0.4, -0.2) is 76.9 Å². The Balaban J connectivity index is 1.45. The van der Waals surface area contributed by atoms with Crippen molar-refractivity contribution >= 4 is 29.7 Å². The summed E-state index contributed by atoms with van der Waals surface area (Å²) in [5, 5.41) is 5.31. The fourth-order valence-electron chi connectivity index (χ4n) is 3.76. The average Bonchev–Trinajstić information content (AvgIpc) is 3.37. The molecular weight excluding hydrogens is 384 g/mol. The number of hydrogen-bond donors (Lipinski definition) is 2. The summed E-state index contributed by atoms with van der Waals surface area (Å²) in [6.45, 7) is 1.62. The van der Waals surface area contributed by atoms with Crippen LogP contribution in [0.3, 0.4) is 0 Å². The fourth-order valence-corrected chi connectivity index (χ4v) is 3.76. The van der Waals surface area contributed by atoms with E-state index in [4.69, 9.17) is 14.2 Å². The molecule has 1 aromatic rings. The Morgan fingerprint density at radius 2 is 2.07 bits per heavy atom. The molecule has 1 aromatic carbocycles. The first kappa shape index (κ1) is 19.0. The van der Waals surface area contributed by atoms with Gasteiger partial charge in [0.05, 0.1) is 51.3 Å². The zero-order valence-electron chi connectivity index (χ0n) is 16.0. The molecule has 4 rings (SSSR count). The summed E-state index contributed by atoms with van der Waals surface area (Å²) in [6, 6.07) is 5.39. The summed E-state index contributed by atoms with van der Waals surface area (Å²) in [7, 11) is 2.83. The van der Waals surface area contributed by atoms with Gasteiger partial charge in [-0.05, 0) is 12.1 Å². The van der Waals surface area contributed by atoms with Crippen molar-refractivity contribution in [3.05, 3.63) is 18.2 Å². The molecular formula is C18H22N4O7. The van der Waals surface area contributed by atoms with Crippen LogP contribution in [0.15, 0.2) is 18.2 Å². The molecule has 0 radical (unpaired) electrons. The van der Waals surface area contributed by atoms with E-state index in [0.29, 0.717) is 31.1 Å². The predicted molar refractivity (Wildman–Crippen MR) is 100 cm³/mol. The first-order valence-electron chi connectivity index (χ1n) is 9.18. The largest absolute Gasteiger partial charge is 0.495 e. The lowest BCUT2D eigenvalue weighted by Gasteiger charge is -2.23. The molecule has 0 unspecified atom stereocenters. The molecule has 3 fully saturated rings. The number of cyclic esters (lactones) is 1. The molecule has 11 heteroatoms. The molecule has 0 aliphatic carbocycles. The first-order valence-corrected chi connectivity index (χ1v) is 9.18. The van der Waals surface area contributed by atoms with Crippen LogP contribution in [0.2, 0.25) is 0 Å². The van der Waals surface area contributed by atoms with Crippen LogP contribution in [0, 0.1) is 0 Å². The Kier molecular flexibility index (Phi) is 4.95. The van der Waals surface area contributed by atoms with Crippen LogP contribution in [0.1, 0.15) is 0 Å². The molecule has 3 atom stereocenters. The van der Waals surface area contributed by atoms with E-state index in [-0.39, 0.29) is 24.8 Å². The lowest BCUT2D eigenvalue weighted by molar-refractivity contribution is 0.132. The highest BCUT2D eigenvalue weighted by Crippen LogP contribution is 2.36. The van der Waals surface area contributed by atoms with E-state index in [2.05, 4.69) is 20.3 Å². The molecule has 0 saturated carbocycles. The normalized spacial score (nSPS) is 25.2. The highest BCUT2D eigenvalue weighted by molar-refractivity contribution is 5.90. The predicted octanol–water partition coefficient (Wildman–Crippen LogP) is 0.673. The quantitative estimate of drug-likeness (QED) is 0.685. The van der Waals surface area contributed by atoms with E-state index in [1.807, 2.05) is 12.1 Å². The molecule has 3 saturated heterocycles. The number of anilines is 2. The monoisotopic (exact) mass is 406 g/mol. The van der Waals surface area contributed by atoms with Gasteiger partial charge in [-0.2, -0.15) is 0 Å². The molecule has 0 spiro atoms. The zero-order valence-corrected chi connectivity index (χ0v) is 16.0. The third kappa shape index (κ3) is 3.67. The Labute approximate surface area is 166 Å². The van der Waals surface area contributed by atoms with Crippen LogP contribution < -0.4 is 25.2 Å². The van der Waals surface area contributed by atoms with Crippen LogP contribution in [-0.2, 0) is 14.2 Å². The van der Waals surface area contributed by atoms with Gasteiger partial charge in [-0.25, -0.2) is 14.4 Å². The molecule has 3 heterocycles. The third-order valence-corrected chi connectivity index (χ3v) is 5.18. The molecule has 0 bridgehead atoms. The standard InChI is InChI=1S/C18H22N4O7/c1-26-14-5-10(22-7-11(28-18(22)25)6-19-16(23)27-2)3-4-13(14)21-8-12-15(9-21)29-17(24)20-12/h3-5,11-12,15H,6-9H2,1-2H3,(H,19,23)(H,20,24)/t11-,12+,15-/m0/s1. The maximum Gasteiger partial charge on any atom is 0.414 e. The number of amides is 3. The smallest absolute Gasteiger partial charge is 0.414 e. The van der Waals surface area contributed by atoms with Gasteiger partial charge in [0.2, 0.25) is 0 Å². The van der Waals surface area contributed by atoms with Gasteiger partial charge in [-0.1, -0.05) is 0 Å². The van der Waals surface area contributed by atoms with E-state index in [0.717, 1.165) is 5.69 Å². The number of ether oxygens (including phenoxy) is 4. The maximum absolute atomic E-state index is 12.3. The lowest BCUT2D eigenvalue weighted by atomic mass is 10.2. The van der Waals surface area contributed by atoms with Gasteiger partial charge < -0.3 is 34.5 Å². The summed E-state index contributed by atoms with van der Waals surface area (Å²) < 4.78 is 20.6. The Bertz CT molecular complexity index is 816. The zero-order chi connectivity index (χ0) is 20.5. The van der Waals surface area contributed by atoms with Crippen LogP contribution in [0.4, 0.5) is 25.8 Å². The van der Waals surface area contributed by atoms with E-state index >= 15 is 0 Å². The minimum atomic E-state index is -0.582. The number of benzene rings is 1. The van der Waals surface area contributed by atoms with Gasteiger partial charge in [0.15, 0.2) is 0 Å². The minimum absolute atomic E-state index is 0.0523. The topological polar surface area (TPSA) is 119 Å². The number of methoxy groups -OCH3 is 2. The van der Waals surface area contributed by atoms with Gasteiger partial charge >= 0.3 is 18.3 Å². The summed E-state index contributed by atoms with van der Waals surface area (Å²) in [4.78, 5) is 38.3. The number of rotatable bonds is 5. The fraction of sp³-hybridized carbons (Fsp3) is 0.500. The van der Waals surface area contributed by atoms with Crippen molar-refractivity contribution in [2.75, 3.05) is 50.2 Å². The second-order valence-electron chi connectivity index (χ2n) is 6.94. The second-order valence-corrected chi connectivity index (χ2v) is 6.94. The van der Waals surface area contributed by atoms with Crippen molar-refractivity contribution in [1.82, 2.24) is 10.6 Å². The molecule has 0 aromatic heterocycles. The van der Waals surface area contributed by atoms with Crippen LogP contribution in [0.5, 0.6) is 5.75 Å². The highest BCUT2D eigenvalue weighted by atomic mass is 16.6. The summed E-state index contributed by atoms with van der Waals surface area (Å²) in [6.07, 6.45) is -2.13. The van der Waals surface area contributed by atoms with Gasteiger partial charge in [0, 0.05) is 12.6 Å². The number of carbonyl (C=O) groups excluding carboxylic acids is 3. The van der Waals surface area contributed by atoms with E-state index in [1.54, 1.807) is 13.2 Å². The van der Waals surface area contributed by atoms with E-state index in [1.165, 1.54) is 12.0 Å². The van der Waals surface area contributed by atoms with E-state index in [9.17, 15) is 14.4 Å². The summed E-state index contributed by atoms with van der Waals surface area (Å²) >= 11 is 0. The molecule has 156 valence electrons. The Morgan fingerprint density at radius 1 is 1.24 bits per heavy atom. The highest BCUT2D eigenvalue weighted by Gasteiger charge is 2.42. The Hall–Kier alpha value is -3.37. The van der Waals surface area contributed by atoms with Crippen LogP contribution >= 0.6 is 0 Å². The van der Waals surface area contributed by atoms with Gasteiger partial charge in [0.1, 0.15) is 18.0 Å². The molecule has 3 aliphatic heterocycles. The number of alkyl carbamates (subject to hydrolysis) is 2. The third-order valence-electron chi connectivity index (χ3n) is 5.18. The number of nitrogens with one attached hydrogen (secondary N) is 2. The van der Waals surface area contributed by atoms with Crippen LogP contribution in [0.25, 0.3) is 0 Å². The van der Waals surface area contributed by atoms with Crippen molar-refractivity contribution in [2.24, 2.45) is 0 Å². The average molecular weight is 406 g/mol. The maximum atomic E-state index is 12.3. The van der Waals surface area contributed by atoms with Gasteiger partial charge in [-0.3, -0.25) is 4.90 Å². The molecule has 3 aliphatic rings.